The molecule has 0 spiro atoms. The third kappa shape index (κ3) is 4.47. The molecule has 4 rings (SSSR count). The van der Waals surface area contributed by atoms with Crippen LogP contribution in [-0.4, -0.2) is 22.1 Å². The number of pyridine rings is 1. The molecule has 0 fully saturated rings. The highest BCUT2D eigenvalue weighted by Gasteiger charge is 2.21. The Balaban J connectivity index is 1.86. The van der Waals surface area contributed by atoms with Crippen LogP contribution in [0.25, 0.3) is 33.3 Å². The van der Waals surface area contributed by atoms with Crippen molar-refractivity contribution in [2.24, 2.45) is 0 Å². The smallest absolute Gasteiger partial charge is 0.325 e. The summed E-state index contributed by atoms with van der Waals surface area (Å²) in [5.41, 5.74) is 3.54. The quantitative estimate of drug-likeness (QED) is 0.329. The van der Waals surface area contributed by atoms with Gasteiger partial charge in [-0.05, 0) is 48.4 Å². The second-order valence-corrected chi connectivity index (χ2v) is 8.21. The lowest BCUT2D eigenvalue weighted by Gasteiger charge is -2.17. The fourth-order valence-corrected chi connectivity index (χ4v) is 3.78. The molecule has 2 N–H and O–H groups in total. The summed E-state index contributed by atoms with van der Waals surface area (Å²) in [5.74, 6) is -1.62. The van der Waals surface area contributed by atoms with Gasteiger partial charge in [0.25, 0.3) is 0 Å². The maximum absolute atomic E-state index is 14.0. The third-order valence-electron chi connectivity index (χ3n) is 5.20. The van der Waals surface area contributed by atoms with E-state index in [1.165, 1.54) is 25.1 Å². The van der Waals surface area contributed by atoms with Gasteiger partial charge in [0.1, 0.15) is 23.5 Å². The number of carbonyl (C=O) groups is 1. The highest BCUT2D eigenvalue weighted by atomic mass is 35.5. The zero-order valence-corrected chi connectivity index (χ0v) is 18.7. The number of rotatable bonds is 5. The Morgan fingerprint density at radius 2 is 1.70 bits per heavy atom. The van der Waals surface area contributed by atoms with E-state index in [-0.39, 0.29) is 11.3 Å². The minimum Gasteiger partial charge on any atom is -0.480 e. The van der Waals surface area contributed by atoms with Crippen molar-refractivity contribution in [2.45, 2.75) is 13.0 Å². The first-order valence-corrected chi connectivity index (χ1v) is 10.6. The summed E-state index contributed by atoms with van der Waals surface area (Å²) >= 11 is 12.1. The first kappa shape index (κ1) is 22.5. The van der Waals surface area contributed by atoms with Crippen LogP contribution in [0.5, 0.6) is 0 Å². The standard InChI is InChI=1S/C25H16Cl2FN3O2/c1-13(25(32)33)30-24-18-11-17(28)7-9-22(18)31-23(19(24)12-29)15-4-2-14(3-5-15)16-6-8-20(26)21(27)10-16/h2-11,13H,1H3,(H,30,31)(H,32,33). The molecule has 4 aromatic rings. The summed E-state index contributed by atoms with van der Waals surface area (Å²) in [4.78, 5) is 16.0. The van der Waals surface area contributed by atoms with Gasteiger partial charge >= 0.3 is 5.97 Å². The second kappa shape index (κ2) is 9.07. The van der Waals surface area contributed by atoms with Crippen LogP contribution < -0.4 is 5.32 Å². The first-order chi connectivity index (χ1) is 15.8. The first-order valence-electron chi connectivity index (χ1n) is 9.87. The lowest BCUT2D eigenvalue weighted by Crippen LogP contribution is -2.26. The molecule has 3 aromatic carbocycles. The number of aromatic nitrogens is 1. The number of nitriles is 1. The topological polar surface area (TPSA) is 86.0 Å². The molecule has 8 heteroatoms. The Labute approximate surface area is 199 Å². The van der Waals surface area contributed by atoms with Gasteiger partial charge in [0.05, 0.1) is 26.9 Å². The Morgan fingerprint density at radius 3 is 2.33 bits per heavy atom. The van der Waals surface area contributed by atoms with Crippen LogP contribution in [0.4, 0.5) is 10.1 Å². The summed E-state index contributed by atoms with van der Waals surface area (Å²) in [7, 11) is 0. The van der Waals surface area contributed by atoms with E-state index in [4.69, 9.17) is 23.2 Å². The SMILES string of the molecule is CC(Nc1c(C#N)c(-c2ccc(-c3ccc(Cl)c(Cl)c3)cc2)nc2ccc(F)cc12)C(=O)O. The van der Waals surface area contributed by atoms with Crippen molar-refractivity contribution in [1.82, 2.24) is 4.98 Å². The second-order valence-electron chi connectivity index (χ2n) is 7.39. The number of carboxylic acid groups (broad SMARTS) is 1. The molecule has 0 amide bonds. The summed E-state index contributed by atoms with van der Waals surface area (Å²) in [6, 6.07) is 17.8. The maximum Gasteiger partial charge on any atom is 0.325 e. The van der Waals surface area contributed by atoms with Crippen molar-refractivity contribution in [2.75, 3.05) is 5.32 Å². The molecule has 0 bridgehead atoms. The Kier molecular flexibility index (Phi) is 6.19. The number of benzene rings is 3. The maximum atomic E-state index is 14.0. The van der Waals surface area contributed by atoms with Crippen LogP contribution in [0, 0.1) is 17.1 Å². The van der Waals surface area contributed by atoms with Gasteiger partial charge in [-0.1, -0.05) is 53.5 Å². The monoisotopic (exact) mass is 479 g/mol. The number of hydrogen-bond donors (Lipinski definition) is 2. The normalized spacial score (nSPS) is 11.7. The summed E-state index contributed by atoms with van der Waals surface area (Å²) in [5, 5.41) is 23.3. The number of anilines is 1. The van der Waals surface area contributed by atoms with Crippen LogP contribution in [0.1, 0.15) is 12.5 Å². The largest absolute Gasteiger partial charge is 0.480 e. The molecule has 1 heterocycles. The van der Waals surface area contributed by atoms with Crippen molar-refractivity contribution in [1.29, 1.82) is 5.26 Å². The van der Waals surface area contributed by atoms with E-state index in [1.54, 1.807) is 24.3 Å². The molecular weight excluding hydrogens is 464 g/mol. The lowest BCUT2D eigenvalue weighted by molar-refractivity contribution is -0.137. The van der Waals surface area contributed by atoms with Gasteiger partial charge in [-0.15, -0.1) is 0 Å². The van der Waals surface area contributed by atoms with Crippen molar-refractivity contribution in [3.05, 3.63) is 82.1 Å². The Hall–Kier alpha value is -3.66. The zero-order valence-electron chi connectivity index (χ0n) is 17.2. The van der Waals surface area contributed by atoms with E-state index in [2.05, 4.69) is 16.4 Å². The highest BCUT2D eigenvalue weighted by molar-refractivity contribution is 6.42. The van der Waals surface area contributed by atoms with Crippen LogP contribution >= 0.6 is 23.2 Å². The van der Waals surface area contributed by atoms with Gasteiger partial charge in [0.2, 0.25) is 0 Å². The van der Waals surface area contributed by atoms with Crippen LogP contribution in [0.15, 0.2) is 60.7 Å². The van der Waals surface area contributed by atoms with E-state index in [0.29, 0.717) is 32.2 Å². The zero-order chi connectivity index (χ0) is 23.7. The lowest BCUT2D eigenvalue weighted by atomic mass is 9.98. The molecule has 0 radical (unpaired) electrons. The van der Waals surface area contributed by atoms with Gasteiger partial charge in [0, 0.05) is 10.9 Å². The minimum atomic E-state index is -1.10. The van der Waals surface area contributed by atoms with Gasteiger partial charge in [-0.2, -0.15) is 5.26 Å². The van der Waals surface area contributed by atoms with E-state index in [0.717, 1.165) is 11.1 Å². The summed E-state index contributed by atoms with van der Waals surface area (Å²) < 4.78 is 14.0. The molecule has 1 aromatic heterocycles. The molecular formula is C25H16Cl2FN3O2. The fourth-order valence-electron chi connectivity index (χ4n) is 3.48. The molecule has 5 nitrogen and oxygen atoms in total. The number of nitrogens with one attached hydrogen (secondary N) is 1. The van der Waals surface area contributed by atoms with Gasteiger partial charge in [-0.25, -0.2) is 9.37 Å². The van der Waals surface area contributed by atoms with Gasteiger partial charge in [0.15, 0.2) is 0 Å². The molecule has 0 saturated carbocycles. The minimum absolute atomic E-state index is 0.128. The molecule has 0 aliphatic rings. The van der Waals surface area contributed by atoms with Crippen molar-refractivity contribution in [3.63, 3.8) is 0 Å². The molecule has 164 valence electrons. The van der Waals surface area contributed by atoms with E-state index in [1.807, 2.05) is 18.2 Å². The number of aliphatic carboxylic acids is 1. The van der Waals surface area contributed by atoms with Crippen molar-refractivity contribution < 1.29 is 14.3 Å². The summed E-state index contributed by atoms with van der Waals surface area (Å²) in [6.07, 6.45) is 0. The van der Waals surface area contributed by atoms with E-state index >= 15 is 0 Å². The average molecular weight is 480 g/mol. The van der Waals surface area contributed by atoms with Crippen LogP contribution in [0.3, 0.4) is 0 Å². The van der Waals surface area contributed by atoms with Crippen LogP contribution in [0.2, 0.25) is 10.0 Å². The average Bonchev–Trinajstić information content (AvgIpc) is 2.80. The predicted molar refractivity (Wildman–Crippen MR) is 128 cm³/mol. The van der Waals surface area contributed by atoms with E-state index in [9.17, 15) is 19.6 Å². The number of carboxylic acids is 1. The summed E-state index contributed by atoms with van der Waals surface area (Å²) in [6.45, 7) is 1.45. The highest BCUT2D eigenvalue weighted by Crippen LogP contribution is 2.36. The van der Waals surface area contributed by atoms with Gasteiger partial charge in [-0.3, -0.25) is 4.79 Å². The fraction of sp³-hybridized carbons (Fsp3) is 0.0800. The van der Waals surface area contributed by atoms with E-state index < -0.39 is 17.8 Å². The molecule has 1 atom stereocenters. The number of halogens is 3. The molecule has 0 saturated heterocycles. The predicted octanol–water partition coefficient (Wildman–Crippen LogP) is 6.77. The van der Waals surface area contributed by atoms with Crippen molar-refractivity contribution in [3.8, 4) is 28.5 Å². The Morgan fingerprint density at radius 1 is 1.03 bits per heavy atom. The molecule has 1 unspecified atom stereocenters. The third-order valence-corrected chi connectivity index (χ3v) is 5.94. The molecule has 33 heavy (non-hydrogen) atoms. The molecule has 0 aliphatic carbocycles. The van der Waals surface area contributed by atoms with Gasteiger partial charge < -0.3 is 10.4 Å². The number of nitrogens with zero attached hydrogens (tertiary/aromatic N) is 2. The molecule has 0 aliphatic heterocycles. The van der Waals surface area contributed by atoms with Crippen LogP contribution in [-0.2, 0) is 4.79 Å². The Bertz CT molecular complexity index is 1430. The number of fused-ring (bicyclic) bond motifs is 1. The number of hydrogen-bond acceptors (Lipinski definition) is 4. The van der Waals surface area contributed by atoms with Crippen molar-refractivity contribution >= 4 is 45.8 Å².